The first-order chi connectivity index (χ1) is 21.6. The summed E-state index contributed by atoms with van der Waals surface area (Å²) in [4.78, 5) is 2.43. The van der Waals surface area contributed by atoms with Gasteiger partial charge in [-0.2, -0.15) is 0 Å². The third kappa shape index (κ3) is 4.49. The number of nitrogens with zero attached hydrogens (tertiary/aromatic N) is 1. The smallest absolute Gasteiger partial charge is 0.0732 e. The highest BCUT2D eigenvalue weighted by Gasteiger charge is 2.24. The molecule has 8 rings (SSSR count). The van der Waals surface area contributed by atoms with Gasteiger partial charge in [-0.3, -0.25) is 0 Å². The zero-order valence-electron chi connectivity index (χ0n) is 25.0. The molecule has 1 heteroatoms. The van der Waals surface area contributed by atoms with E-state index in [-0.39, 0.29) is 6.04 Å². The molecular formula is C43H33N. The van der Waals surface area contributed by atoms with Gasteiger partial charge in [0.05, 0.1) is 6.04 Å². The fraction of sp³-hybridized carbons (Fsp3) is 0.0698. The standard InChI is InChI=1S/C43H33N/c1-29-16-18-31(19-17-29)32-20-22-33(23-21-32)42-27-35(30-10-4-3-5-11-30)28-43(44(42)2)34-24-25-40-38-14-7-6-12-36(38)37-13-8-9-15-39(37)41(40)26-34/h3-28,42H,1-2H3. The second-order valence-corrected chi connectivity index (χ2v) is 11.9. The Hall–Kier alpha value is -5.40. The second kappa shape index (κ2) is 10.7. The van der Waals surface area contributed by atoms with Crippen molar-refractivity contribution in [3.8, 4) is 11.1 Å². The van der Waals surface area contributed by atoms with Crippen molar-refractivity contribution in [3.63, 3.8) is 0 Å². The number of benzene rings is 7. The van der Waals surface area contributed by atoms with Gasteiger partial charge in [0.2, 0.25) is 0 Å². The molecule has 0 N–H and O–H groups in total. The van der Waals surface area contributed by atoms with Gasteiger partial charge in [0, 0.05) is 12.7 Å². The normalized spacial score (nSPS) is 15.0. The van der Waals surface area contributed by atoms with Crippen LogP contribution >= 0.6 is 0 Å². The first kappa shape index (κ1) is 26.2. The largest absolute Gasteiger partial charge is 0.364 e. The van der Waals surface area contributed by atoms with Gasteiger partial charge in [0.25, 0.3) is 0 Å². The molecule has 0 spiro atoms. The summed E-state index contributed by atoms with van der Waals surface area (Å²) in [7, 11) is 2.23. The number of rotatable bonds is 4. The third-order valence-corrected chi connectivity index (χ3v) is 9.21. The SMILES string of the molecule is Cc1ccc(-c2ccc(C3C=C(c4ccccc4)C=C(c4ccc5c6ccccc6c6ccccc6c5c4)N3C)cc2)cc1. The Morgan fingerprint density at radius 1 is 0.455 bits per heavy atom. The maximum Gasteiger partial charge on any atom is 0.0732 e. The molecule has 0 amide bonds. The summed E-state index contributed by atoms with van der Waals surface area (Å²) in [6, 6.07) is 53.4. The van der Waals surface area contributed by atoms with Crippen molar-refractivity contribution in [3.05, 3.63) is 180 Å². The van der Waals surface area contributed by atoms with E-state index < -0.39 is 0 Å². The van der Waals surface area contributed by atoms with E-state index in [1.54, 1.807) is 0 Å². The van der Waals surface area contributed by atoms with Gasteiger partial charge < -0.3 is 4.90 Å². The van der Waals surface area contributed by atoms with E-state index >= 15 is 0 Å². The van der Waals surface area contributed by atoms with Crippen molar-refractivity contribution in [2.45, 2.75) is 13.0 Å². The number of aryl methyl sites for hydroxylation is 1. The van der Waals surface area contributed by atoms with Gasteiger partial charge in [0.15, 0.2) is 0 Å². The van der Waals surface area contributed by atoms with E-state index in [4.69, 9.17) is 0 Å². The molecule has 0 radical (unpaired) electrons. The Bertz CT molecular complexity index is 2180. The van der Waals surface area contributed by atoms with Crippen LogP contribution in [0.1, 0.15) is 28.3 Å². The van der Waals surface area contributed by atoms with Crippen LogP contribution in [0, 0.1) is 6.92 Å². The molecule has 44 heavy (non-hydrogen) atoms. The van der Waals surface area contributed by atoms with Gasteiger partial charge in [-0.05, 0) is 90.8 Å². The number of hydrogen-bond donors (Lipinski definition) is 0. The monoisotopic (exact) mass is 563 g/mol. The lowest BCUT2D eigenvalue weighted by Crippen LogP contribution is -2.24. The van der Waals surface area contributed by atoms with Crippen LogP contribution in [0.15, 0.2) is 158 Å². The molecule has 210 valence electrons. The number of hydrogen-bond acceptors (Lipinski definition) is 1. The predicted octanol–water partition coefficient (Wildman–Crippen LogP) is 11.2. The summed E-state index contributed by atoms with van der Waals surface area (Å²) < 4.78 is 0. The van der Waals surface area contributed by atoms with Crippen molar-refractivity contribution < 1.29 is 0 Å². The molecule has 0 saturated carbocycles. The number of allylic oxidation sites excluding steroid dienone is 2. The summed E-state index contributed by atoms with van der Waals surface area (Å²) in [6.45, 7) is 2.13. The molecule has 0 saturated heterocycles. The van der Waals surface area contributed by atoms with E-state index in [0.29, 0.717) is 0 Å². The van der Waals surface area contributed by atoms with Crippen LogP contribution in [0.3, 0.4) is 0 Å². The topological polar surface area (TPSA) is 3.24 Å². The molecule has 1 aliphatic heterocycles. The molecule has 1 atom stereocenters. The summed E-state index contributed by atoms with van der Waals surface area (Å²) in [5.41, 5.74) is 9.97. The van der Waals surface area contributed by atoms with Crippen LogP contribution in [0.25, 0.3) is 54.7 Å². The van der Waals surface area contributed by atoms with E-state index in [9.17, 15) is 0 Å². The minimum atomic E-state index is 0.0984. The van der Waals surface area contributed by atoms with Gasteiger partial charge in [-0.1, -0.05) is 145 Å². The maximum absolute atomic E-state index is 2.43. The van der Waals surface area contributed by atoms with E-state index in [1.807, 2.05) is 0 Å². The Kier molecular flexibility index (Phi) is 6.38. The molecule has 0 aromatic heterocycles. The number of likely N-dealkylation sites (N-methyl/N-ethyl adjacent to an activating group) is 1. The van der Waals surface area contributed by atoms with E-state index in [1.165, 1.54) is 77.0 Å². The highest BCUT2D eigenvalue weighted by Crippen LogP contribution is 2.41. The van der Waals surface area contributed by atoms with Gasteiger partial charge in [0.1, 0.15) is 0 Å². The van der Waals surface area contributed by atoms with Crippen molar-refractivity contribution in [1.82, 2.24) is 4.90 Å². The van der Waals surface area contributed by atoms with Crippen LogP contribution in [-0.2, 0) is 0 Å². The molecule has 1 unspecified atom stereocenters. The van der Waals surface area contributed by atoms with Crippen LogP contribution < -0.4 is 0 Å². The minimum absolute atomic E-state index is 0.0984. The summed E-state index contributed by atoms with van der Waals surface area (Å²) >= 11 is 0. The van der Waals surface area contributed by atoms with Crippen LogP contribution in [0.4, 0.5) is 0 Å². The third-order valence-electron chi connectivity index (χ3n) is 9.21. The molecule has 1 heterocycles. The fourth-order valence-electron chi connectivity index (χ4n) is 6.83. The lowest BCUT2D eigenvalue weighted by molar-refractivity contribution is 0.413. The zero-order valence-corrected chi connectivity index (χ0v) is 25.0. The fourth-order valence-corrected chi connectivity index (χ4v) is 6.83. The van der Waals surface area contributed by atoms with Crippen LogP contribution in [0.5, 0.6) is 0 Å². The first-order valence-electron chi connectivity index (χ1n) is 15.4. The molecule has 7 aromatic rings. The highest BCUT2D eigenvalue weighted by atomic mass is 15.1. The lowest BCUT2D eigenvalue weighted by atomic mass is 9.89. The maximum atomic E-state index is 2.43. The predicted molar refractivity (Wildman–Crippen MR) is 188 cm³/mol. The quantitative estimate of drug-likeness (QED) is 0.193. The molecule has 0 bridgehead atoms. The molecule has 0 aliphatic carbocycles. The van der Waals surface area contributed by atoms with Gasteiger partial charge in [-0.15, -0.1) is 0 Å². The number of fused-ring (bicyclic) bond motifs is 6. The summed E-state index contributed by atoms with van der Waals surface area (Å²) in [6.07, 6.45) is 4.76. The van der Waals surface area contributed by atoms with Crippen molar-refractivity contribution in [2.75, 3.05) is 7.05 Å². The Morgan fingerprint density at radius 2 is 0.955 bits per heavy atom. The average Bonchev–Trinajstić information content (AvgIpc) is 3.09. The zero-order chi connectivity index (χ0) is 29.6. The van der Waals surface area contributed by atoms with E-state index in [0.717, 1.165) is 0 Å². The van der Waals surface area contributed by atoms with Gasteiger partial charge in [-0.25, -0.2) is 0 Å². The van der Waals surface area contributed by atoms with Crippen molar-refractivity contribution in [1.29, 1.82) is 0 Å². The van der Waals surface area contributed by atoms with Gasteiger partial charge >= 0.3 is 0 Å². The van der Waals surface area contributed by atoms with Crippen molar-refractivity contribution >= 4 is 43.6 Å². The minimum Gasteiger partial charge on any atom is -0.364 e. The Morgan fingerprint density at radius 3 is 1.57 bits per heavy atom. The van der Waals surface area contributed by atoms with Crippen LogP contribution in [0.2, 0.25) is 0 Å². The molecular weight excluding hydrogens is 530 g/mol. The lowest BCUT2D eigenvalue weighted by Gasteiger charge is -2.35. The van der Waals surface area contributed by atoms with Crippen molar-refractivity contribution in [2.24, 2.45) is 0 Å². The molecule has 1 nitrogen and oxygen atoms in total. The van der Waals surface area contributed by atoms with Crippen LogP contribution in [-0.4, -0.2) is 11.9 Å². The van der Waals surface area contributed by atoms with E-state index in [2.05, 4.69) is 177 Å². The molecule has 7 aromatic carbocycles. The summed E-state index contributed by atoms with van der Waals surface area (Å²) in [5.74, 6) is 0. The first-order valence-corrected chi connectivity index (χ1v) is 15.4. The molecule has 0 fully saturated rings. The average molecular weight is 564 g/mol. The molecule has 1 aliphatic rings. The highest BCUT2D eigenvalue weighted by molar-refractivity contribution is 6.25. The Labute approximate surface area is 259 Å². The summed E-state index contributed by atoms with van der Waals surface area (Å²) in [5, 5.41) is 7.79. The Balaban J connectivity index is 1.27. The second-order valence-electron chi connectivity index (χ2n) is 11.9.